The minimum atomic E-state index is -0.251. The Morgan fingerprint density at radius 2 is 2.07 bits per heavy atom. The third-order valence-electron chi connectivity index (χ3n) is 3.84. The van der Waals surface area contributed by atoms with Crippen LogP contribution in [0.2, 0.25) is 0 Å². The number of hydrogen-bond donors (Lipinski definition) is 3. The number of H-pyrrole nitrogens is 1. The van der Waals surface area contributed by atoms with Crippen molar-refractivity contribution in [2.75, 3.05) is 20.3 Å². The zero-order valence-electron chi connectivity index (χ0n) is 16.4. The van der Waals surface area contributed by atoms with E-state index >= 15 is 0 Å². The van der Waals surface area contributed by atoms with Crippen LogP contribution in [0.15, 0.2) is 18.2 Å². The first-order chi connectivity index (χ1) is 13.3. The number of carbonyl (C=O) groups is 2. The summed E-state index contributed by atoms with van der Waals surface area (Å²) in [7, 11) is 3.29. The largest absolute Gasteiger partial charge is 0.493 e. The molecule has 0 aliphatic carbocycles. The highest BCUT2D eigenvalue weighted by atomic mass is 32.1. The van der Waals surface area contributed by atoms with Crippen LogP contribution in [0.4, 0.5) is 0 Å². The Morgan fingerprint density at radius 3 is 2.68 bits per heavy atom. The normalized spacial score (nSPS) is 10.6. The molecular weight excluding hydrogens is 382 g/mol. The maximum Gasteiger partial charge on any atom is 0.258 e. The number of rotatable bonds is 9. The van der Waals surface area contributed by atoms with Gasteiger partial charge >= 0.3 is 0 Å². The summed E-state index contributed by atoms with van der Waals surface area (Å²) in [6.45, 7) is 4.01. The molecule has 1 aromatic heterocycles. The number of nitrogens with one attached hydrogen (secondary N) is 3. The van der Waals surface area contributed by atoms with Gasteiger partial charge in [-0.25, -0.2) is 0 Å². The van der Waals surface area contributed by atoms with Gasteiger partial charge in [0.05, 0.1) is 7.11 Å². The van der Waals surface area contributed by atoms with Gasteiger partial charge in [0.2, 0.25) is 0 Å². The number of nitrogens with zero attached hydrogens (tertiary/aromatic N) is 2. The predicted octanol–water partition coefficient (Wildman–Crippen LogP) is 1.36. The number of aromatic amines is 1. The molecule has 0 aliphatic heterocycles. The van der Waals surface area contributed by atoms with Gasteiger partial charge in [-0.3, -0.25) is 14.7 Å². The molecule has 3 N–H and O–H groups in total. The van der Waals surface area contributed by atoms with Gasteiger partial charge < -0.3 is 24.7 Å². The molecule has 0 aliphatic rings. The third-order valence-corrected chi connectivity index (χ3v) is 4.21. The Labute approximate surface area is 168 Å². The summed E-state index contributed by atoms with van der Waals surface area (Å²) in [5, 5.41) is 12.4. The Morgan fingerprint density at radius 1 is 1.32 bits per heavy atom. The van der Waals surface area contributed by atoms with Crippen LogP contribution in [0.1, 0.15) is 30.0 Å². The first-order valence-electron chi connectivity index (χ1n) is 8.80. The first-order valence-corrected chi connectivity index (χ1v) is 9.21. The highest BCUT2D eigenvalue weighted by Crippen LogP contribution is 2.28. The number of benzene rings is 1. The molecule has 0 radical (unpaired) electrons. The van der Waals surface area contributed by atoms with E-state index in [0.717, 1.165) is 5.82 Å². The molecule has 0 saturated heterocycles. The maximum absolute atomic E-state index is 12.4. The molecule has 2 rings (SSSR count). The molecule has 1 aromatic carbocycles. The Bertz CT molecular complexity index is 890. The van der Waals surface area contributed by atoms with Crippen molar-refractivity contribution in [2.45, 2.75) is 26.3 Å². The molecule has 152 valence electrons. The second kappa shape index (κ2) is 9.88. The van der Waals surface area contributed by atoms with Crippen LogP contribution in [-0.4, -0.2) is 52.9 Å². The van der Waals surface area contributed by atoms with Gasteiger partial charge in [0.25, 0.3) is 11.8 Å². The van der Waals surface area contributed by atoms with Gasteiger partial charge in [0.1, 0.15) is 5.82 Å². The van der Waals surface area contributed by atoms with E-state index < -0.39 is 0 Å². The predicted molar refractivity (Wildman–Crippen MR) is 106 cm³/mol. The molecular formula is C18H25N5O4S. The van der Waals surface area contributed by atoms with Gasteiger partial charge in [0.15, 0.2) is 22.9 Å². The minimum Gasteiger partial charge on any atom is -0.493 e. The van der Waals surface area contributed by atoms with E-state index in [1.165, 1.54) is 7.11 Å². The maximum atomic E-state index is 12.4. The molecule has 28 heavy (non-hydrogen) atoms. The van der Waals surface area contributed by atoms with Gasteiger partial charge in [-0.2, -0.15) is 5.10 Å². The molecule has 10 heteroatoms. The number of amides is 2. The summed E-state index contributed by atoms with van der Waals surface area (Å²) in [4.78, 5) is 24.1. The van der Waals surface area contributed by atoms with Gasteiger partial charge in [-0.05, 0) is 44.3 Å². The highest BCUT2D eigenvalue weighted by molar-refractivity contribution is 7.71. The summed E-state index contributed by atoms with van der Waals surface area (Å²) in [6, 6.07) is 4.82. The summed E-state index contributed by atoms with van der Waals surface area (Å²) in [5.74, 6) is 1.04. The second-order valence-corrected chi connectivity index (χ2v) is 6.77. The quantitative estimate of drug-likeness (QED) is 0.542. The van der Waals surface area contributed by atoms with Crippen LogP contribution in [0.3, 0.4) is 0 Å². The molecule has 2 amide bonds. The summed E-state index contributed by atoms with van der Waals surface area (Å²) in [5.41, 5.74) is 0.422. The van der Waals surface area contributed by atoms with E-state index in [4.69, 9.17) is 21.7 Å². The lowest BCUT2D eigenvalue weighted by molar-refractivity contribution is -0.123. The van der Waals surface area contributed by atoms with E-state index in [0.29, 0.717) is 34.8 Å². The van der Waals surface area contributed by atoms with Crippen LogP contribution in [0, 0.1) is 4.77 Å². The average molecular weight is 407 g/mol. The monoisotopic (exact) mass is 407 g/mol. The van der Waals surface area contributed by atoms with Crippen LogP contribution in [0.5, 0.6) is 11.5 Å². The van der Waals surface area contributed by atoms with Crippen molar-refractivity contribution in [2.24, 2.45) is 7.05 Å². The summed E-state index contributed by atoms with van der Waals surface area (Å²) >= 11 is 5.06. The number of aromatic nitrogens is 3. The Kier molecular flexibility index (Phi) is 7.56. The zero-order chi connectivity index (χ0) is 20.7. The van der Waals surface area contributed by atoms with Crippen molar-refractivity contribution >= 4 is 24.0 Å². The van der Waals surface area contributed by atoms with Gasteiger partial charge in [-0.1, -0.05) is 0 Å². The molecule has 0 spiro atoms. The van der Waals surface area contributed by atoms with Crippen molar-refractivity contribution in [1.82, 2.24) is 25.4 Å². The fourth-order valence-electron chi connectivity index (χ4n) is 2.43. The number of ether oxygens (including phenoxy) is 2. The third kappa shape index (κ3) is 5.81. The molecule has 0 saturated carbocycles. The van der Waals surface area contributed by atoms with Crippen LogP contribution < -0.4 is 20.1 Å². The van der Waals surface area contributed by atoms with Crippen molar-refractivity contribution in [3.63, 3.8) is 0 Å². The van der Waals surface area contributed by atoms with Crippen molar-refractivity contribution in [1.29, 1.82) is 0 Å². The molecule has 0 unspecified atom stereocenters. The number of carbonyl (C=O) groups excluding carboxylic acids is 2. The van der Waals surface area contributed by atoms with E-state index in [1.54, 1.807) is 22.8 Å². The van der Waals surface area contributed by atoms with E-state index in [1.807, 2.05) is 20.9 Å². The second-order valence-electron chi connectivity index (χ2n) is 6.39. The minimum absolute atomic E-state index is 0.0328. The summed E-state index contributed by atoms with van der Waals surface area (Å²) in [6.07, 6.45) is 0.540. The first kappa shape index (κ1) is 21.4. The SMILES string of the molecule is COc1cc(C(=O)NCCc2n[nH]c(=S)n2C)ccc1OCC(=O)NC(C)C. The molecule has 9 nitrogen and oxygen atoms in total. The fraction of sp³-hybridized carbons (Fsp3) is 0.444. The molecule has 1 heterocycles. The van der Waals surface area contributed by atoms with Crippen LogP contribution in [-0.2, 0) is 18.3 Å². The highest BCUT2D eigenvalue weighted by Gasteiger charge is 2.13. The fourth-order valence-corrected chi connectivity index (χ4v) is 2.58. The Hall–Kier alpha value is -2.88. The van der Waals surface area contributed by atoms with Crippen molar-refractivity contribution in [3.05, 3.63) is 34.4 Å². The van der Waals surface area contributed by atoms with E-state index in [2.05, 4.69) is 20.8 Å². The molecule has 0 bridgehead atoms. The summed E-state index contributed by atoms with van der Waals surface area (Å²) < 4.78 is 13.1. The average Bonchev–Trinajstić information content (AvgIpc) is 2.97. The van der Waals surface area contributed by atoms with Crippen LogP contribution in [0.25, 0.3) is 0 Å². The van der Waals surface area contributed by atoms with Crippen LogP contribution >= 0.6 is 12.2 Å². The van der Waals surface area contributed by atoms with Crippen molar-refractivity contribution < 1.29 is 19.1 Å². The molecule has 0 atom stereocenters. The lowest BCUT2D eigenvalue weighted by atomic mass is 10.2. The number of methoxy groups -OCH3 is 1. The Balaban J connectivity index is 1.94. The van der Waals surface area contributed by atoms with E-state index in [9.17, 15) is 9.59 Å². The molecule has 2 aromatic rings. The smallest absolute Gasteiger partial charge is 0.258 e. The lowest BCUT2D eigenvalue weighted by Crippen LogP contribution is -2.34. The number of hydrogen-bond acceptors (Lipinski definition) is 6. The van der Waals surface area contributed by atoms with E-state index in [-0.39, 0.29) is 24.5 Å². The molecule has 0 fully saturated rings. The lowest BCUT2D eigenvalue weighted by Gasteiger charge is -2.13. The van der Waals surface area contributed by atoms with Gasteiger partial charge in [0, 0.05) is 31.6 Å². The standard InChI is InChI=1S/C18H25N5O4S/c1-11(2)20-16(24)10-27-13-6-5-12(9-14(13)26-4)17(25)19-8-7-15-21-22-18(28)23(15)3/h5-6,9,11H,7-8,10H2,1-4H3,(H,19,25)(H,20,24)(H,22,28). The van der Waals surface area contributed by atoms with Gasteiger partial charge in [-0.15, -0.1) is 0 Å². The zero-order valence-corrected chi connectivity index (χ0v) is 17.2. The topological polar surface area (TPSA) is 110 Å². The van der Waals surface area contributed by atoms with Crippen molar-refractivity contribution in [3.8, 4) is 11.5 Å².